The molecule has 7 nitrogen and oxygen atoms in total. The van der Waals surface area contributed by atoms with Gasteiger partial charge < -0.3 is 25.4 Å². The number of allylic oxidation sites excluding steroid dienone is 1. The molecule has 0 saturated carbocycles. The van der Waals surface area contributed by atoms with Gasteiger partial charge in [-0.1, -0.05) is 62.4 Å². The molecule has 0 saturated heterocycles. The number of carbonyl (C=O) groups excluding carboxylic acids is 2. The van der Waals surface area contributed by atoms with Gasteiger partial charge >= 0.3 is 0 Å². The Hall–Kier alpha value is -5.11. The summed E-state index contributed by atoms with van der Waals surface area (Å²) < 4.78 is 21.1. The standard InChI is InChI=1S/C37H36FN3O4/c1-37(2)21-30-35(32(43)22-37)36(25-14-17-28(38)33(20-25)45-27-8-4-3-5-9-27)41(31-11-7-6-10-29(31)40-30)23-34(44)39-19-18-24-12-15-26(42)16-13-24/h3-17,20,36,40,42H,18-19,21-23H2,1-2H3,(H,39,44). The van der Waals surface area contributed by atoms with Crippen LogP contribution in [0.15, 0.2) is 108 Å². The van der Waals surface area contributed by atoms with E-state index in [1.54, 1.807) is 36.4 Å². The van der Waals surface area contributed by atoms with Crippen LogP contribution in [0.2, 0.25) is 0 Å². The van der Waals surface area contributed by atoms with Crippen molar-refractivity contribution in [3.63, 3.8) is 0 Å². The van der Waals surface area contributed by atoms with Crippen LogP contribution in [0.1, 0.15) is 43.9 Å². The number of halogens is 1. The number of phenolic OH excluding ortho intramolecular Hbond substituents is 1. The first-order chi connectivity index (χ1) is 21.7. The number of amides is 1. The van der Waals surface area contributed by atoms with Crippen molar-refractivity contribution in [3.05, 3.63) is 125 Å². The fourth-order valence-corrected chi connectivity index (χ4v) is 6.18. The number of nitrogens with zero attached hydrogens (tertiary/aromatic N) is 1. The molecule has 1 aliphatic heterocycles. The van der Waals surface area contributed by atoms with Crippen LogP contribution in [0, 0.1) is 11.2 Å². The van der Waals surface area contributed by atoms with Gasteiger partial charge in [-0.3, -0.25) is 9.59 Å². The number of ether oxygens (including phenoxy) is 1. The first-order valence-electron chi connectivity index (χ1n) is 15.1. The number of fused-ring (bicyclic) bond motifs is 1. The van der Waals surface area contributed by atoms with E-state index in [0.717, 1.165) is 22.6 Å². The van der Waals surface area contributed by atoms with Gasteiger partial charge in [0.15, 0.2) is 17.3 Å². The molecule has 0 bridgehead atoms. The number of aromatic hydroxyl groups is 1. The number of hydrogen-bond donors (Lipinski definition) is 3. The summed E-state index contributed by atoms with van der Waals surface area (Å²) in [5, 5.41) is 16.1. The maximum atomic E-state index is 15.2. The van der Waals surface area contributed by atoms with Crippen molar-refractivity contribution in [3.8, 4) is 17.2 Å². The lowest BCUT2D eigenvalue weighted by atomic mass is 9.73. The minimum absolute atomic E-state index is 0.0147. The third kappa shape index (κ3) is 6.70. The summed E-state index contributed by atoms with van der Waals surface area (Å²) in [5.74, 6) is -0.0496. The molecule has 3 N–H and O–H groups in total. The summed E-state index contributed by atoms with van der Waals surface area (Å²) in [6.45, 7) is 4.50. The predicted octanol–water partition coefficient (Wildman–Crippen LogP) is 7.30. The molecule has 2 aliphatic rings. The van der Waals surface area contributed by atoms with Gasteiger partial charge in [-0.15, -0.1) is 0 Å². The Morgan fingerprint density at radius 1 is 1.00 bits per heavy atom. The van der Waals surface area contributed by atoms with E-state index in [-0.39, 0.29) is 35.1 Å². The smallest absolute Gasteiger partial charge is 0.239 e. The second-order valence-electron chi connectivity index (χ2n) is 12.4. The molecule has 0 spiro atoms. The molecule has 0 aromatic heterocycles. The number of nitrogens with one attached hydrogen (secondary N) is 2. The molecular formula is C37H36FN3O4. The van der Waals surface area contributed by atoms with Crippen LogP contribution < -0.4 is 20.3 Å². The second-order valence-corrected chi connectivity index (χ2v) is 12.4. The Labute approximate surface area is 262 Å². The van der Waals surface area contributed by atoms with E-state index in [0.29, 0.717) is 42.7 Å². The van der Waals surface area contributed by atoms with E-state index in [9.17, 15) is 14.7 Å². The second kappa shape index (κ2) is 12.5. The van der Waals surface area contributed by atoms with E-state index in [1.165, 1.54) is 6.07 Å². The van der Waals surface area contributed by atoms with Crippen molar-refractivity contribution in [2.75, 3.05) is 23.3 Å². The molecule has 1 aliphatic carbocycles. The Morgan fingerprint density at radius 2 is 1.73 bits per heavy atom. The third-order valence-electron chi connectivity index (χ3n) is 8.23. The van der Waals surface area contributed by atoms with Crippen LogP contribution in [0.3, 0.4) is 0 Å². The molecule has 0 radical (unpaired) electrons. The van der Waals surface area contributed by atoms with E-state index in [1.807, 2.05) is 59.5 Å². The van der Waals surface area contributed by atoms with E-state index < -0.39 is 11.9 Å². The fraction of sp³-hybridized carbons (Fsp3) is 0.243. The van der Waals surface area contributed by atoms with Crippen LogP contribution in [-0.2, 0) is 16.0 Å². The number of benzene rings is 4. The third-order valence-corrected chi connectivity index (χ3v) is 8.23. The van der Waals surface area contributed by atoms with E-state index in [2.05, 4.69) is 24.5 Å². The molecule has 230 valence electrons. The first-order valence-corrected chi connectivity index (χ1v) is 15.1. The van der Waals surface area contributed by atoms with Gasteiger partial charge in [0.25, 0.3) is 0 Å². The number of phenols is 1. The van der Waals surface area contributed by atoms with Crippen LogP contribution in [0.4, 0.5) is 15.8 Å². The summed E-state index contributed by atoms with van der Waals surface area (Å²) >= 11 is 0. The zero-order valence-corrected chi connectivity index (χ0v) is 25.3. The van der Waals surface area contributed by atoms with Crippen LogP contribution >= 0.6 is 0 Å². The summed E-state index contributed by atoms with van der Waals surface area (Å²) in [6, 6.07) is 27.5. The van der Waals surface area contributed by atoms with Gasteiger partial charge in [-0.25, -0.2) is 4.39 Å². The van der Waals surface area contributed by atoms with Crippen molar-refractivity contribution >= 4 is 23.1 Å². The normalized spacial score (nSPS) is 17.1. The van der Waals surface area contributed by atoms with E-state index in [4.69, 9.17) is 4.74 Å². The van der Waals surface area contributed by atoms with Gasteiger partial charge in [0, 0.05) is 24.2 Å². The summed E-state index contributed by atoms with van der Waals surface area (Å²) in [5.41, 5.74) is 4.28. The maximum Gasteiger partial charge on any atom is 0.239 e. The van der Waals surface area contributed by atoms with Crippen molar-refractivity contribution in [2.24, 2.45) is 5.41 Å². The Bertz CT molecular complexity index is 1750. The predicted molar refractivity (Wildman–Crippen MR) is 173 cm³/mol. The lowest BCUT2D eigenvalue weighted by Crippen LogP contribution is -2.42. The molecule has 45 heavy (non-hydrogen) atoms. The van der Waals surface area contributed by atoms with E-state index >= 15 is 4.39 Å². The SMILES string of the molecule is CC1(C)CC(=O)C2=C(C1)Nc1ccccc1N(CC(=O)NCCc1ccc(O)cc1)C2c1ccc(F)c(Oc2ccccc2)c1. The Morgan fingerprint density at radius 3 is 2.51 bits per heavy atom. The molecule has 1 unspecified atom stereocenters. The number of para-hydroxylation sites is 3. The molecule has 0 fully saturated rings. The van der Waals surface area contributed by atoms with Gasteiger partial charge in [0.1, 0.15) is 11.5 Å². The highest BCUT2D eigenvalue weighted by molar-refractivity contribution is 6.02. The fourth-order valence-electron chi connectivity index (χ4n) is 6.18. The largest absolute Gasteiger partial charge is 0.508 e. The summed E-state index contributed by atoms with van der Waals surface area (Å²) in [4.78, 5) is 29.5. The first kappa shape index (κ1) is 29.9. The number of rotatable bonds is 8. The van der Waals surface area contributed by atoms with Crippen LogP contribution in [-0.4, -0.2) is 29.9 Å². The number of anilines is 2. The monoisotopic (exact) mass is 605 g/mol. The number of carbonyl (C=O) groups is 2. The number of hydrogen-bond acceptors (Lipinski definition) is 6. The van der Waals surface area contributed by atoms with Gasteiger partial charge in [0.2, 0.25) is 5.91 Å². The zero-order valence-electron chi connectivity index (χ0n) is 25.3. The van der Waals surface area contributed by atoms with Crippen LogP contribution in [0.25, 0.3) is 0 Å². The highest BCUT2D eigenvalue weighted by Gasteiger charge is 2.42. The van der Waals surface area contributed by atoms with Crippen molar-refractivity contribution in [2.45, 2.75) is 39.2 Å². The highest BCUT2D eigenvalue weighted by Crippen LogP contribution is 2.48. The van der Waals surface area contributed by atoms with Crippen molar-refractivity contribution in [1.82, 2.24) is 5.32 Å². The zero-order chi connectivity index (χ0) is 31.6. The number of ketones is 1. The van der Waals surface area contributed by atoms with Gasteiger partial charge in [0.05, 0.1) is 24.0 Å². The van der Waals surface area contributed by atoms with Gasteiger partial charge in [-0.05, 0) is 77.9 Å². The maximum absolute atomic E-state index is 15.2. The molecule has 4 aromatic rings. The molecule has 1 amide bonds. The van der Waals surface area contributed by atoms with Crippen molar-refractivity contribution < 1.29 is 23.8 Å². The highest BCUT2D eigenvalue weighted by atomic mass is 19.1. The molecule has 4 aromatic carbocycles. The lowest BCUT2D eigenvalue weighted by molar-refractivity contribution is -0.120. The minimum Gasteiger partial charge on any atom is -0.508 e. The quantitative estimate of drug-likeness (QED) is 0.195. The Balaban J connectivity index is 1.39. The molecule has 1 atom stereocenters. The average molecular weight is 606 g/mol. The topological polar surface area (TPSA) is 90.9 Å². The molecule has 6 rings (SSSR count). The number of Topliss-reactive ketones (excluding diaryl/α,β-unsaturated/α-hetero) is 1. The molecule has 1 heterocycles. The molecular weight excluding hydrogens is 569 g/mol. The Kier molecular flexibility index (Phi) is 8.30. The average Bonchev–Trinajstić information content (AvgIpc) is 3.13. The van der Waals surface area contributed by atoms with Crippen molar-refractivity contribution in [1.29, 1.82) is 0 Å². The van der Waals surface area contributed by atoms with Gasteiger partial charge in [-0.2, -0.15) is 0 Å². The lowest BCUT2D eigenvalue weighted by Gasteiger charge is -2.38. The minimum atomic E-state index is -0.679. The molecule has 8 heteroatoms. The van der Waals surface area contributed by atoms with Crippen LogP contribution in [0.5, 0.6) is 17.2 Å². The summed E-state index contributed by atoms with van der Waals surface area (Å²) in [6.07, 6.45) is 1.58. The summed E-state index contributed by atoms with van der Waals surface area (Å²) in [7, 11) is 0.